The summed E-state index contributed by atoms with van der Waals surface area (Å²) in [5, 5.41) is 8.77. The first-order chi connectivity index (χ1) is 11.0. The molecule has 120 valence electrons. The van der Waals surface area contributed by atoms with Crippen molar-refractivity contribution in [1.29, 1.82) is 0 Å². The number of hydrogen-bond donors (Lipinski definition) is 2. The van der Waals surface area contributed by atoms with Crippen molar-refractivity contribution >= 4 is 11.6 Å². The Hall–Kier alpha value is -2.53. The molecular formula is C18H20N2O3. The zero-order chi connectivity index (χ0) is 16.4. The van der Waals surface area contributed by atoms with E-state index in [1.807, 2.05) is 24.3 Å². The van der Waals surface area contributed by atoms with E-state index in [2.05, 4.69) is 30.9 Å². The molecule has 0 atom stereocenters. The Morgan fingerprint density at radius 2 is 1.96 bits per heavy atom. The van der Waals surface area contributed by atoms with Gasteiger partial charge < -0.3 is 9.64 Å². The highest BCUT2D eigenvalue weighted by Crippen LogP contribution is 2.33. The molecular weight excluding hydrogens is 292 g/mol. The summed E-state index contributed by atoms with van der Waals surface area (Å²) in [5.41, 5.74) is 3.97. The molecule has 1 amide bonds. The lowest BCUT2D eigenvalue weighted by Crippen LogP contribution is -2.46. The summed E-state index contributed by atoms with van der Waals surface area (Å²) >= 11 is 0. The van der Waals surface area contributed by atoms with E-state index in [-0.39, 0.29) is 5.54 Å². The van der Waals surface area contributed by atoms with Crippen LogP contribution < -0.4 is 15.1 Å². The molecule has 1 heterocycles. The van der Waals surface area contributed by atoms with Gasteiger partial charge in [-0.25, -0.2) is 5.48 Å². The van der Waals surface area contributed by atoms with Crippen LogP contribution in [0.1, 0.15) is 29.8 Å². The highest BCUT2D eigenvalue weighted by atomic mass is 16.5. The normalized spacial score (nSPS) is 16.0. The molecule has 0 aliphatic carbocycles. The number of hydroxylamine groups is 1. The third-order valence-corrected chi connectivity index (χ3v) is 4.14. The number of rotatable bonds is 2. The number of anilines is 1. The van der Waals surface area contributed by atoms with Crippen LogP contribution in [-0.2, 0) is 6.54 Å². The molecule has 1 aliphatic rings. The van der Waals surface area contributed by atoms with Crippen LogP contribution in [0.3, 0.4) is 0 Å². The molecule has 0 saturated heterocycles. The van der Waals surface area contributed by atoms with E-state index in [0.717, 1.165) is 11.3 Å². The number of nitrogens with zero attached hydrogens (tertiary/aromatic N) is 1. The molecule has 2 aromatic carbocycles. The van der Waals surface area contributed by atoms with Crippen molar-refractivity contribution < 1.29 is 14.7 Å². The number of ether oxygens (including phenoxy) is 1. The largest absolute Gasteiger partial charge is 0.491 e. The first-order valence-electron chi connectivity index (χ1n) is 7.54. The molecule has 0 fully saturated rings. The van der Waals surface area contributed by atoms with Crippen LogP contribution in [0.15, 0.2) is 48.5 Å². The summed E-state index contributed by atoms with van der Waals surface area (Å²) in [4.78, 5) is 13.9. The maximum Gasteiger partial charge on any atom is 0.274 e. The van der Waals surface area contributed by atoms with Crippen LogP contribution in [-0.4, -0.2) is 23.3 Å². The van der Waals surface area contributed by atoms with Gasteiger partial charge in [0.2, 0.25) is 0 Å². The quantitative estimate of drug-likeness (QED) is 0.661. The van der Waals surface area contributed by atoms with Gasteiger partial charge in [-0.3, -0.25) is 10.0 Å². The Bertz CT molecular complexity index is 713. The average Bonchev–Trinajstić information content (AvgIpc) is 2.71. The van der Waals surface area contributed by atoms with Gasteiger partial charge >= 0.3 is 0 Å². The maximum atomic E-state index is 11.6. The van der Waals surface area contributed by atoms with Crippen molar-refractivity contribution in [3.63, 3.8) is 0 Å². The number of carbonyl (C=O) groups excluding carboxylic acids is 1. The minimum absolute atomic E-state index is 0.195. The predicted molar refractivity (Wildman–Crippen MR) is 87.9 cm³/mol. The smallest absolute Gasteiger partial charge is 0.274 e. The second-order valence-electron chi connectivity index (χ2n) is 6.29. The fourth-order valence-corrected chi connectivity index (χ4v) is 2.79. The predicted octanol–water partition coefficient (Wildman–Crippen LogP) is 2.98. The molecule has 5 heteroatoms. The Labute approximate surface area is 135 Å². The van der Waals surface area contributed by atoms with Gasteiger partial charge in [0.05, 0.1) is 5.54 Å². The Morgan fingerprint density at radius 3 is 2.65 bits per heavy atom. The second kappa shape index (κ2) is 5.93. The minimum atomic E-state index is -0.542. The molecule has 2 aromatic rings. The van der Waals surface area contributed by atoms with Crippen LogP contribution in [0.2, 0.25) is 0 Å². The van der Waals surface area contributed by atoms with Crippen LogP contribution in [0, 0.1) is 0 Å². The molecule has 5 nitrogen and oxygen atoms in total. The monoisotopic (exact) mass is 312 g/mol. The van der Waals surface area contributed by atoms with Gasteiger partial charge in [-0.2, -0.15) is 0 Å². The lowest BCUT2D eigenvalue weighted by atomic mass is 10.0. The van der Waals surface area contributed by atoms with Crippen molar-refractivity contribution in [1.82, 2.24) is 5.48 Å². The molecule has 0 spiro atoms. The van der Waals surface area contributed by atoms with Crippen molar-refractivity contribution in [2.24, 2.45) is 0 Å². The van der Waals surface area contributed by atoms with Gasteiger partial charge in [0, 0.05) is 23.4 Å². The number of carbonyl (C=O) groups is 1. The van der Waals surface area contributed by atoms with Crippen LogP contribution in [0.4, 0.5) is 5.69 Å². The number of amides is 1. The molecule has 2 N–H and O–H groups in total. The molecule has 0 bridgehead atoms. The van der Waals surface area contributed by atoms with Gasteiger partial charge in [0.15, 0.2) is 0 Å². The topological polar surface area (TPSA) is 61.8 Å². The third-order valence-electron chi connectivity index (χ3n) is 4.14. The van der Waals surface area contributed by atoms with Crippen LogP contribution >= 0.6 is 0 Å². The highest BCUT2D eigenvalue weighted by molar-refractivity contribution is 5.93. The summed E-state index contributed by atoms with van der Waals surface area (Å²) in [7, 11) is 0. The molecule has 0 radical (unpaired) electrons. The summed E-state index contributed by atoms with van der Waals surface area (Å²) in [6, 6.07) is 15.4. The van der Waals surface area contributed by atoms with Gasteiger partial charge in [0.1, 0.15) is 12.4 Å². The number of nitrogens with one attached hydrogen (secondary N) is 1. The first kappa shape index (κ1) is 15.4. The zero-order valence-corrected chi connectivity index (χ0v) is 13.2. The second-order valence-corrected chi connectivity index (χ2v) is 6.29. The van der Waals surface area contributed by atoms with Gasteiger partial charge in [-0.15, -0.1) is 0 Å². The van der Waals surface area contributed by atoms with Gasteiger partial charge in [-0.1, -0.05) is 24.3 Å². The zero-order valence-electron chi connectivity index (χ0n) is 13.2. The van der Waals surface area contributed by atoms with Crippen molar-refractivity contribution in [2.45, 2.75) is 25.9 Å². The van der Waals surface area contributed by atoms with E-state index in [9.17, 15) is 4.79 Å². The summed E-state index contributed by atoms with van der Waals surface area (Å²) in [6.07, 6.45) is 0. The lowest BCUT2D eigenvalue weighted by Gasteiger charge is -2.38. The van der Waals surface area contributed by atoms with E-state index in [1.165, 1.54) is 0 Å². The van der Waals surface area contributed by atoms with Crippen LogP contribution in [0.25, 0.3) is 0 Å². The summed E-state index contributed by atoms with van der Waals surface area (Å²) in [5.74, 6) is 0.137. The molecule has 0 saturated carbocycles. The number of benzene rings is 2. The average molecular weight is 312 g/mol. The van der Waals surface area contributed by atoms with E-state index in [4.69, 9.17) is 9.94 Å². The molecule has 3 rings (SSSR count). The standard InChI is InChI=1S/C18H20N2O3/c1-18(2)12-23-16-10-13(17(21)19-22)8-9-14(16)11-20(18)15-6-4-3-5-7-15/h3-10,22H,11-12H2,1-2H3,(H,19,21). The first-order valence-corrected chi connectivity index (χ1v) is 7.54. The summed E-state index contributed by atoms with van der Waals surface area (Å²) in [6.45, 7) is 5.45. The fraction of sp³-hybridized carbons (Fsp3) is 0.278. The van der Waals surface area contributed by atoms with E-state index in [1.54, 1.807) is 17.6 Å². The Kier molecular flexibility index (Phi) is 3.96. The Morgan fingerprint density at radius 1 is 1.22 bits per heavy atom. The van der Waals surface area contributed by atoms with E-state index in [0.29, 0.717) is 24.5 Å². The molecule has 23 heavy (non-hydrogen) atoms. The third kappa shape index (κ3) is 3.00. The van der Waals surface area contributed by atoms with Crippen molar-refractivity contribution in [2.75, 3.05) is 11.5 Å². The van der Waals surface area contributed by atoms with Crippen LogP contribution in [0.5, 0.6) is 5.75 Å². The van der Waals surface area contributed by atoms with Crippen molar-refractivity contribution in [3.05, 3.63) is 59.7 Å². The Balaban J connectivity index is 1.98. The molecule has 0 unspecified atom stereocenters. The number of para-hydroxylation sites is 1. The summed E-state index contributed by atoms with van der Waals surface area (Å²) < 4.78 is 5.95. The molecule has 1 aliphatic heterocycles. The SMILES string of the molecule is CC1(C)COc2cc(C(=O)NO)ccc2CN1c1ccccc1. The molecule has 0 aromatic heterocycles. The minimum Gasteiger partial charge on any atom is -0.491 e. The lowest BCUT2D eigenvalue weighted by molar-refractivity contribution is 0.0706. The highest BCUT2D eigenvalue weighted by Gasteiger charge is 2.32. The van der Waals surface area contributed by atoms with Crippen molar-refractivity contribution in [3.8, 4) is 5.75 Å². The van der Waals surface area contributed by atoms with Gasteiger partial charge in [0.25, 0.3) is 5.91 Å². The van der Waals surface area contributed by atoms with Gasteiger partial charge in [-0.05, 0) is 38.1 Å². The fourth-order valence-electron chi connectivity index (χ4n) is 2.79. The van der Waals surface area contributed by atoms with E-state index >= 15 is 0 Å². The van der Waals surface area contributed by atoms with E-state index < -0.39 is 5.91 Å². The maximum absolute atomic E-state index is 11.6. The number of fused-ring (bicyclic) bond motifs is 1. The number of hydrogen-bond acceptors (Lipinski definition) is 4.